The summed E-state index contributed by atoms with van der Waals surface area (Å²) in [5.41, 5.74) is -0.362. The molecule has 1 heterocycles. The molecule has 0 saturated heterocycles. The van der Waals surface area contributed by atoms with Gasteiger partial charge in [-0.2, -0.15) is 4.39 Å². The van der Waals surface area contributed by atoms with Crippen molar-refractivity contribution in [1.82, 2.24) is 4.98 Å². The molecule has 0 bridgehead atoms. The molecule has 0 aliphatic carbocycles. The molecular weight excluding hydrogens is 289 g/mol. The van der Waals surface area contributed by atoms with Gasteiger partial charge in [-0.15, -0.1) is 0 Å². The number of rotatable bonds is 3. The normalized spacial score (nSPS) is 10.1. The lowest BCUT2D eigenvalue weighted by atomic mass is 10.2. The number of pyridine rings is 1. The van der Waals surface area contributed by atoms with Crippen molar-refractivity contribution in [3.63, 3.8) is 0 Å². The summed E-state index contributed by atoms with van der Waals surface area (Å²) in [4.78, 5) is 25.4. The Morgan fingerprint density at radius 3 is 2.75 bits per heavy atom. The van der Waals surface area contributed by atoms with Gasteiger partial charge in [0.2, 0.25) is 5.95 Å². The summed E-state index contributed by atoms with van der Waals surface area (Å²) in [6.45, 7) is 0. The number of carbonyl (C=O) groups is 1. The highest BCUT2D eigenvalue weighted by Crippen LogP contribution is 2.22. The second-order valence-corrected chi connectivity index (χ2v) is 4.13. The van der Waals surface area contributed by atoms with Gasteiger partial charge in [-0.25, -0.2) is 4.98 Å². The minimum Gasteiger partial charge on any atom is -0.306 e. The highest BCUT2D eigenvalue weighted by molar-refractivity contribution is 6.34. The Kier molecular flexibility index (Phi) is 3.90. The van der Waals surface area contributed by atoms with Crippen LogP contribution in [0.5, 0.6) is 0 Å². The molecule has 1 aromatic carbocycles. The summed E-state index contributed by atoms with van der Waals surface area (Å²) in [7, 11) is 0. The van der Waals surface area contributed by atoms with Gasteiger partial charge in [-0.3, -0.25) is 14.9 Å². The van der Waals surface area contributed by atoms with Crippen LogP contribution in [0.15, 0.2) is 36.4 Å². The molecule has 0 saturated carbocycles. The summed E-state index contributed by atoms with van der Waals surface area (Å²) in [5, 5.41) is 13.0. The van der Waals surface area contributed by atoms with Gasteiger partial charge < -0.3 is 5.32 Å². The van der Waals surface area contributed by atoms with Gasteiger partial charge in [0.05, 0.1) is 15.5 Å². The fourth-order valence-corrected chi connectivity index (χ4v) is 1.67. The van der Waals surface area contributed by atoms with Crippen LogP contribution in [0.3, 0.4) is 0 Å². The smallest absolute Gasteiger partial charge is 0.270 e. The Hall–Kier alpha value is -2.54. The predicted molar refractivity (Wildman–Crippen MR) is 70.3 cm³/mol. The SMILES string of the molecule is O=C(Nc1cccc(F)n1)c1cc([N+](=O)[O-])ccc1Cl. The lowest BCUT2D eigenvalue weighted by molar-refractivity contribution is -0.384. The number of aromatic nitrogens is 1. The molecule has 0 radical (unpaired) electrons. The largest absolute Gasteiger partial charge is 0.306 e. The second-order valence-electron chi connectivity index (χ2n) is 3.72. The van der Waals surface area contributed by atoms with Crippen LogP contribution in [0.25, 0.3) is 0 Å². The molecule has 0 fully saturated rings. The molecule has 2 rings (SSSR count). The molecule has 1 amide bonds. The van der Waals surface area contributed by atoms with Crippen molar-refractivity contribution in [2.75, 3.05) is 5.32 Å². The predicted octanol–water partition coefficient (Wildman–Crippen LogP) is 3.03. The summed E-state index contributed by atoms with van der Waals surface area (Å²) in [6.07, 6.45) is 0. The number of nitrogens with one attached hydrogen (secondary N) is 1. The molecule has 8 heteroatoms. The molecule has 0 atom stereocenters. The van der Waals surface area contributed by atoms with Gasteiger partial charge in [-0.1, -0.05) is 17.7 Å². The van der Waals surface area contributed by atoms with Crippen LogP contribution in [0.1, 0.15) is 10.4 Å². The fraction of sp³-hybridized carbons (Fsp3) is 0. The van der Waals surface area contributed by atoms with E-state index in [0.29, 0.717) is 0 Å². The topological polar surface area (TPSA) is 85.1 Å². The maximum absolute atomic E-state index is 12.9. The number of benzene rings is 1. The van der Waals surface area contributed by atoms with E-state index in [1.807, 2.05) is 0 Å². The van der Waals surface area contributed by atoms with E-state index in [2.05, 4.69) is 10.3 Å². The Bertz CT molecular complexity index is 693. The maximum atomic E-state index is 12.9. The van der Waals surface area contributed by atoms with E-state index >= 15 is 0 Å². The second kappa shape index (κ2) is 5.62. The van der Waals surface area contributed by atoms with E-state index in [1.54, 1.807) is 0 Å². The lowest BCUT2D eigenvalue weighted by Crippen LogP contribution is -2.14. The van der Waals surface area contributed by atoms with E-state index in [-0.39, 0.29) is 22.1 Å². The Morgan fingerprint density at radius 2 is 2.10 bits per heavy atom. The zero-order valence-electron chi connectivity index (χ0n) is 9.84. The average molecular weight is 296 g/mol. The van der Waals surface area contributed by atoms with E-state index in [4.69, 9.17) is 11.6 Å². The van der Waals surface area contributed by atoms with Gasteiger partial charge in [0.15, 0.2) is 0 Å². The maximum Gasteiger partial charge on any atom is 0.270 e. The van der Waals surface area contributed by atoms with Crippen molar-refractivity contribution >= 4 is 29.0 Å². The van der Waals surface area contributed by atoms with Gasteiger partial charge in [-0.05, 0) is 18.2 Å². The van der Waals surface area contributed by atoms with Gasteiger partial charge in [0.1, 0.15) is 5.82 Å². The molecule has 102 valence electrons. The van der Waals surface area contributed by atoms with Gasteiger partial charge in [0.25, 0.3) is 11.6 Å². The van der Waals surface area contributed by atoms with Crippen LogP contribution in [-0.4, -0.2) is 15.8 Å². The Labute approximate surface area is 117 Å². The molecule has 6 nitrogen and oxygen atoms in total. The van der Waals surface area contributed by atoms with Crippen molar-refractivity contribution < 1.29 is 14.1 Å². The number of nitro benzene ring substituents is 1. The molecule has 1 N–H and O–H groups in total. The Balaban J connectivity index is 2.29. The number of halogens is 2. The van der Waals surface area contributed by atoms with Crippen LogP contribution < -0.4 is 5.32 Å². The number of nitrogens with zero attached hydrogens (tertiary/aromatic N) is 2. The molecule has 0 aliphatic heterocycles. The molecule has 2 aromatic rings. The van der Waals surface area contributed by atoms with E-state index in [9.17, 15) is 19.3 Å². The zero-order valence-corrected chi connectivity index (χ0v) is 10.6. The van der Waals surface area contributed by atoms with E-state index in [0.717, 1.165) is 12.1 Å². The number of amides is 1. The zero-order chi connectivity index (χ0) is 14.7. The number of nitro groups is 1. The molecule has 0 unspecified atom stereocenters. The first kappa shape index (κ1) is 13.9. The van der Waals surface area contributed by atoms with Gasteiger partial charge >= 0.3 is 0 Å². The quantitative estimate of drug-likeness (QED) is 0.536. The van der Waals surface area contributed by atoms with Crippen molar-refractivity contribution in [2.45, 2.75) is 0 Å². The highest BCUT2D eigenvalue weighted by Gasteiger charge is 2.16. The highest BCUT2D eigenvalue weighted by atomic mass is 35.5. The first-order chi connectivity index (χ1) is 9.47. The molecule has 1 aromatic heterocycles. The number of anilines is 1. The molecule has 0 aliphatic rings. The average Bonchev–Trinajstić information content (AvgIpc) is 2.38. The third-order valence-corrected chi connectivity index (χ3v) is 2.69. The van der Waals surface area contributed by atoms with Crippen molar-refractivity contribution in [1.29, 1.82) is 0 Å². The van der Waals surface area contributed by atoms with E-state index in [1.165, 1.54) is 24.3 Å². The van der Waals surface area contributed by atoms with Crippen LogP contribution in [-0.2, 0) is 0 Å². The van der Waals surface area contributed by atoms with Crippen LogP contribution in [0.2, 0.25) is 5.02 Å². The Morgan fingerprint density at radius 1 is 1.35 bits per heavy atom. The number of carbonyl (C=O) groups excluding carboxylic acids is 1. The number of hydrogen-bond donors (Lipinski definition) is 1. The molecular formula is C12H7ClFN3O3. The van der Waals surface area contributed by atoms with Crippen LogP contribution in [0, 0.1) is 16.1 Å². The van der Waals surface area contributed by atoms with Crippen LogP contribution in [0.4, 0.5) is 15.9 Å². The monoisotopic (exact) mass is 295 g/mol. The van der Waals surface area contributed by atoms with Crippen molar-refractivity contribution in [3.05, 3.63) is 63.0 Å². The minimum atomic E-state index is -0.757. The third-order valence-electron chi connectivity index (χ3n) is 2.36. The first-order valence-corrected chi connectivity index (χ1v) is 5.73. The van der Waals surface area contributed by atoms with Crippen LogP contribution >= 0.6 is 11.6 Å². The number of non-ortho nitro benzene ring substituents is 1. The summed E-state index contributed by atoms with van der Waals surface area (Å²) in [6, 6.07) is 7.33. The van der Waals surface area contributed by atoms with E-state index < -0.39 is 16.8 Å². The summed E-state index contributed by atoms with van der Waals surface area (Å²) >= 11 is 5.82. The molecule has 20 heavy (non-hydrogen) atoms. The summed E-state index contributed by atoms with van der Waals surface area (Å²) < 4.78 is 12.9. The third kappa shape index (κ3) is 3.07. The lowest BCUT2D eigenvalue weighted by Gasteiger charge is -2.06. The van der Waals surface area contributed by atoms with Crippen molar-refractivity contribution in [2.24, 2.45) is 0 Å². The first-order valence-electron chi connectivity index (χ1n) is 5.35. The standard InChI is InChI=1S/C12H7ClFN3O3/c13-9-5-4-7(17(19)20)6-8(9)12(18)16-11-3-1-2-10(14)15-11/h1-6H,(H,15,16,18). The van der Waals surface area contributed by atoms with Gasteiger partial charge in [0, 0.05) is 12.1 Å². The summed E-state index contributed by atoms with van der Waals surface area (Å²) in [5.74, 6) is -1.48. The molecule has 0 spiro atoms. The number of hydrogen-bond acceptors (Lipinski definition) is 4. The minimum absolute atomic E-state index is 0.0161. The fourth-order valence-electron chi connectivity index (χ4n) is 1.46. The van der Waals surface area contributed by atoms with Crippen molar-refractivity contribution in [3.8, 4) is 0 Å².